The number of aromatic nitrogens is 2. The van der Waals surface area contributed by atoms with Gasteiger partial charge in [-0.05, 0) is 32.8 Å². The molecule has 4 nitrogen and oxygen atoms in total. The van der Waals surface area contributed by atoms with E-state index in [4.69, 9.17) is 0 Å². The van der Waals surface area contributed by atoms with Crippen molar-refractivity contribution in [2.24, 2.45) is 0 Å². The number of fused-ring (bicyclic) bond motifs is 1. The number of hydrogen-bond donors (Lipinski definition) is 1. The first-order valence-corrected chi connectivity index (χ1v) is 10.3. The maximum absolute atomic E-state index is 12.9. The van der Waals surface area contributed by atoms with Crippen LogP contribution in [-0.2, 0) is 6.54 Å². The van der Waals surface area contributed by atoms with E-state index in [2.05, 4.69) is 44.2 Å². The quantitative estimate of drug-likeness (QED) is 0.524. The molecule has 1 amide bonds. The van der Waals surface area contributed by atoms with E-state index < -0.39 is 0 Å². The van der Waals surface area contributed by atoms with Gasteiger partial charge in [-0.25, -0.2) is 0 Å². The number of rotatable bonds is 11. The maximum atomic E-state index is 12.9. The van der Waals surface area contributed by atoms with Gasteiger partial charge in [0.05, 0.1) is 5.52 Å². The molecule has 1 N–H and O–H groups in total. The van der Waals surface area contributed by atoms with Gasteiger partial charge in [0.25, 0.3) is 5.91 Å². The minimum atomic E-state index is -0.210. The Morgan fingerprint density at radius 1 is 1.04 bits per heavy atom. The first-order valence-electron chi connectivity index (χ1n) is 10.3. The maximum Gasteiger partial charge on any atom is 0.272 e. The molecule has 0 aliphatic carbocycles. The third-order valence-corrected chi connectivity index (χ3v) is 4.95. The lowest BCUT2D eigenvalue weighted by molar-refractivity contribution is 0.0903. The van der Waals surface area contributed by atoms with Crippen LogP contribution < -0.4 is 5.32 Å². The van der Waals surface area contributed by atoms with E-state index in [0.717, 1.165) is 36.7 Å². The average Bonchev–Trinajstić information content (AvgIpc) is 2.98. The summed E-state index contributed by atoms with van der Waals surface area (Å²) in [5.74, 6) is -0.0593. The lowest BCUT2D eigenvalue weighted by Gasteiger charge is -2.26. The molecule has 26 heavy (non-hydrogen) atoms. The fraction of sp³-hybridized carbons (Fsp3) is 0.636. The molecule has 1 aromatic carbocycles. The third kappa shape index (κ3) is 5.58. The molecule has 0 saturated heterocycles. The summed E-state index contributed by atoms with van der Waals surface area (Å²) in [5, 5.41) is 8.81. The van der Waals surface area contributed by atoms with Gasteiger partial charge in [0.1, 0.15) is 0 Å². The van der Waals surface area contributed by atoms with Crippen molar-refractivity contribution in [3.05, 3.63) is 30.0 Å². The fourth-order valence-corrected chi connectivity index (χ4v) is 3.40. The summed E-state index contributed by atoms with van der Waals surface area (Å²) in [5.41, 5.74) is 1.39. The van der Waals surface area contributed by atoms with Crippen LogP contribution in [0.3, 0.4) is 0 Å². The van der Waals surface area contributed by atoms with E-state index >= 15 is 0 Å². The molecule has 0 atom stereocenters. The zero-order chi connectivity index (χ0) is 19.0. The molecule has 0 fully saturated rings. The van der Waals surface area contributed by atoms with E-state index in [1.54, 1.807) is 0 Å². The van der Waals surface area contributed by atoms with Crippen molar-refractivity contribution >= 4 is 16.8 Å². The van der Waals surface area contributed by atoms with Gasteiger partial charge < -0.3 is 5.32 Å². The van der Waals surface area contributed by atoms with Crippen molar-refractivity contribution in [3.63, 3.8) is 0 Å². The number of nitrogens with one attached hydrogen (secondary N) is 1. The van der Waals surface area contributed by atoms with Crippen molar-refractivity contribution in [2.75, 3.05) is 0 Å². The average molecular weight is 358 g/mol. The van der Waals surface area contributed by atoms with Crippen LogP contribution >= 0.6 is 0 Å². The summed E-state index contributed by atoms with van der Waals surface area (Å²) in [6.07, 6.45) is 9.31. The number of amides is 1. The second kappa shape index (κ2) is 9.75. The van der Waals surface area contributed by atoms with E-state index in [-0.39, 0.29) is 11.4 Å². The summed E-state index contributed by atoms with van der Waals surface area (Å²) in [7, 11) is 0. The highest BCUT2D eigenvalue weighted by Gasteiger charge is 2.24. The second-order valence-electron chi connectivity index (χ2n) is 7.94. The topological polar surface area (TPSA) is 46.9 Å². The summed E-state index contributed by atoms with van der Waals surface area (Å²) in [6.45, 7) is 9.49. The monoisotopic (exact) mass is 357 g/mol. The van der Waals surface area contributed by atoms with E-state index in [9.17, 15) is 4.79 Å². The minimum absolute atomic E-state index is 0.0593. The number of benzene rings is 1. The number of hydrogen-bond acceptors (Lipinski definition) is 2. The van der Waals surface area contributed by atoms with Gasteiger partial charge in [0.15, 0.2) is 5.69 Å². The minimum Gasteiger partial charge on any atom is -0.346 e. The predicted octanol–water partition coefficient (Wildman–Crippen LogP) is 5.71. The van der Waals surface area contributed by atoms with E-state index in [1.807, 2.05) is 22.9 Å². The summed E-state index contributed by atoms with van der Waals surface area (Å²) in [4.78, 5) is 12.9. The number of carbonyl (C=O) groups is 1. The Bertz CT molecular complexity index is 702. The van der Waals surface area contributed by atoms with Crippen molar-refractivity contribution in [2.45, 2.75) is 91.1 Å². The molecular weight excluding hydrogens is 322 g/mol. The van der Waals surface area contributed by atoms with Crippen LogP contribution in [0.5, 0.6) is 0 Å². The van der Waals surface area contributed by atoms with Crippen molar-refractivity contribution in [1.82, 2.24) is 15.1 Å². The largest absolute Gasteiger partial charge is 0.346 e. The number of para-hydroxylation sites is 1. The molecule has 2 aromatic rings. The predicted molar refractivity (Wildman–Crippen MR) is 110 cm³/mol. The molecule has 1 heterocycles. The second-order valence-corrected chi connectivity index (χ2v) is 7.94. The van der Waals surface area contributed by atoms with E-state index in [0.29, 0.717) is 5.69 Å². The van der Waals surface area contributed by atoms with Gasteiger partial charge in [-0.15, -0.1) is 0 Å². The molecule has 0 bridgehead atoms. The smallest absolute Gasteiger partial charge is 0.272 e. The normalized spacial score (nSPS) is 11.8. The Hall–Kier alpha value is -1.84. The van der Waals surface area contributed by atoms with Crippen LogP contribution in [0.1, 0.15) is 89.5 Å². The Morgan fingerprint density at radius 2 is 1.73 bits per heavy atom. The molecule has 0 aliphatic heterocycles. The van der Waals surface area contributed by atoms with E-state index in [1.165, 1.54) is 32.1 Å². The van der Waals surface area contributed by atoms with Gasteiger partial charge in [0.2, 0.25) is 0 Å². The van der Waals surface area contributed by atoms with Gasteiger partial charge in [0, 0.05) is 17.5 Å². The summed E-state index contributed by atoms with van der Waals surface area (Å²) < 4.78 is 1.99. The van der Waals surface area contributed by atoms with Gasteiger partial charge in [-0.1, -0.05) is 70.6 Å². The fourth-order valence-electron chi connectivity index (χ4n) is 3.40. The summed E-state index contributed by atoms with van der Waals surface area (Å²) in [6, 6.07) is 8.05. The Morgan fingerprint density at radius 3 is 2.46 bits per heavy atom. The lowest BCUT2D eigenvalue weighted by atomic mass is 9.96. The molecule has 0 saturated carbocycles. The number of unbranched alkanes of at least 4 members (excludes halogenated alkanes) is 5. The standard InChI is InChI=1S/C22H35N3O/c1-5-7-9-12-16-22(3,4)23-21(26)20-18-14-10-11-15-19(18)25(24-20)17-13-8-6-2/h10-11,14-15H,5-9,12-13,16-17H2,1-4H3,(H,23,26). The molecule has 4 heteroatoms. The lowest BCUT2D eigenvalue weighted by Crippen LogP contribution is -2.43. The molecule has 0 radical (unpaired) electrons. The zero-order valence-electron chi connectivity index (χ0n) is 17.0. The Labute approximate surface area is 158 Å². The van der Waals surface area contributed by atoms with Crippen molar-refractivity contribution < 1.29 is 4.79 Å². The number of nitrogens with zero attached hydrogens (tertiary/aromatic N) is 2. The van der Waals surface area contributed by atoms with Gasteiger partial charge >= 0.3 is 0 Å². The van der Waals surface area contributed by atoms with Crippen molar-refractivity contribution in [1.29, 1.82) is 0 Å². The van der Waals surface area contributed by atoms with Gasteiger partial charge in [-0.2, -0.15) is 5.10 Å². The van der Waals surface area contributed by atoms with Crippen LogP contribution in [-0.4, -0.2) is 21.2 Å². The summed E-state index contributed by atoms with van der Waals surface area (Å²) >= 11 is 0. The first kappa shape index (κ1) is 20.5. The van der Waals surface area contributed by atoms with Crippen LogP contribution in [0.15, 0.2) is 24.3 Å². The van der Waals surface area contributed by atoms with Gasteiger partial charge in [-0.3, -0.25) is 9.48 Å². The van der Waals surface area contributed by atoms with Crippen LogP contribution in [0.4, 0.5) is 0 Å². The molecule has 0 aliphatic rings. The molecule has 2 rings (SSSR count). The Balaban J connectivity index is 2.11. The highest BCUT2D eigenvalue weighted by Crippen LogP contribution is 2.21. The third-order valence-electron chi connectivity index (χ3n) is 4.95. The molecular formula is C22H35N3O. The Kier molecular flexibility index (Phi) is 7.67. The molecule has 0 spiro atoms. The highest BCUT2D eigenvalue weighted by atomic mass is 16.2. The van der Waals surface area contributed by atoms with Crippen LogP contribution in [0.2, 0.25) is 0 Å². The number of carbonyl (C=O) groups excluding carboxylic acids is 1. The van der Waals surface area contributed by atoms with Crippen LogP contribution in [0, 0.1) is 0 Å². The molecule has 144 valence electrons. The first-order chi connectivity index (χ1) is 12.5. The molecule has 0 unspecified atom stereocenters. The van der Waals surface area contributed by atoms with Crippen LogP contribution in [0.25, 0.3) is 10.9 Å². The molecule has 1 aromatic heterocycles. The highest BCUT2D eigenvalue weighted by molar-refractivity contribution is 6.05. The zero-order valence-corrected chi connectivity index (χ0v) is 17.0. The number of aryl methyl sites for hydroxylation is 1. The SMILES string of the molecule is CCCCCCC(C)(C)NC(=O)c1nn(CCCCC)c2ccccc12. The van der Waals surface area contributed by atoms with Crippen molar-refractivity contribution in [3.8, 4) is 0 Å².